The lowest BCUT2D eigenvalue weighted by atomic mass is 9.89. The molecule has 0 atom stereocenters. The molecule has 114 valence electrons. The summed E-state index contributed by atoms with van der Waals surface area (Å²) in [6, 6.07) is 17.6. The largest absolute Gasteiger partial charge is 0.299 e. The molecule has 4 nitrogen and oxygen atoms in total. The van der Waals surface area contributed by atoms with Gasteiger partial charge in [0, 0.05) is 18.7 Å². The number of piperidine rings is 1. The van der Waals surface area contributed by atoms with Crippen molar-refractivity contribution in [3.05, 3.63) is 75.8 Å². The SMILES string of the molecule is O=[N+]([O-])c1cccc(C2CCN(Cc3ccccc3)CC2)c1. The molecule has 1 saturated heterocycles. The number of hydrogen-bond acceptors (Lipinski definition) is 3. The van der Waals surface area contributed by atoms with Crippen molar-refractivity contribution in [3.63, 3.8) is 0 Å². The second kappa shape index (κ2) is 6.71. The van der Waals surface area contributed by atoms with Gasteiger partial charge in [0.05, 0.1) is 4.92 Å². The van der Waals surface area contributed by atoms with Crippen LogP contribution in [0.5, 0.6) is 0 Å². The molecule has 1 heterocycles. The average Bonchev–Trinajstić information content (AvgIpc) is 2.56. The van der Waals surface area contributed by atoms with Crippen LogP contribution < -0.4 is 0 Å². The molecule has 2 aromatic carbocycles. The third-order valence-electron chi connectivity index (χ3n) is 4.39. The van der Waals surface area contributed by atoms with Crippen molar-refractivity contribution in [2.24, 2.45) is 0 Å². The molecule has 4 heteroatoms. The van der Waals surface area contributed by atoms with E-state index in [-0.39, 0.29) is 10.6 Å². The van der Waals surface area contributed by atoms with Crippen LogP contribution in [-0.4, -0.2) is 22.9 Å². The van der Waals surface area contributed by atoms with E-state index in [0.29, 0.717) is 5.92 Å². The standard InChI is InChI=1S/C18H20N2O2/c21-20(22)18-8-4-7-17(13-18)16-9-11-19(12-10-16)14-15-5-2-1-3-6-15/h1-8,13,16H,9-12,14H2. The third-order valence-corrected chi connectivity index (χ3v) is 4.39. The van der Waals surface area contributed by atoms with Gasteiger partial charge < -0.3 is 0 Å². The van der Waals surface area contributed by atoms with E-state index in [1.165, 1.54) is 5.56 Å². The summed E-state index contributed by atoms with van der Waals surface area (Å²) in [5, 5.41) is 10.9. The maximum atomic E-state index is 10.9. The normalized spacial score (nSPS) is 16.5. The minimum absolute atomic E-state index is 0.198. The van der Waals surface area contributed by atoms with Gasteiger partial charge in [-0.25, -0.2) is 0 Å². The van der Waals surface area contributed by atoms with Gasteiger partial charge >= 0.3 is 0 Å². The van der Waals surface area contributed by atoms with Gasteiger partial charge in [-0.1, -0.05) is 42.5 Å². The first-order valence-corrected chi connectivity index (χ1v) is 7.73. The minimum Gasteiger partial charge on any atom is -0.299 e. The van der Waals surface area contributed by atoms with Crippen LogP contribution in [0.3, 0.4) is 0 Å². The molecule has 3 rings (SSSR count). The number of hydrogen-bond donors (Lipinski definition) is 0. The van der Waals surface area contributed by atoms with Crippen molar-refractivity contribution in [1.29, 1.82) is 0 Å². The zero-order valence-corrected chi connectivity index (χ0v) is 12.5. The molecule has 0 radical (unpaired) electrons. The second-order valence-corrected chi connectivity index (χ2v) is 5.89. The first-order valence-electron chi connectivity index (χ1n) is 7.73. The highest BCUT2D eigenvalue weighted by molar-refractivity contribution is 5.36. The highest BCUT2D eigenvalue weighted by Crippen LogP contribution is 2.30. The van der Waals surface area contributed by atoms with E-state index in [2.05, 4.69) is 29.2 Å². The molecular weight excluding hydrogens is 276 g/mol. The topological polar surface area (TPSA) is 46.4 Å². The van der Waals surface area contributed by atoms with Crippen molar-refractivity contribution in [3.8, 4) is 0 Å². The van der Waals surface area contributed by atoms with E-state index in [1.54, 1.807) is 18.2 Å². The van der Waals surface area contributed by atoms with Crippen LogP contribution in [0.15, 0.2) is 54.6 Å². The van der Waals surface area contributed by atoms with Crippen LogP contribution in [0.1, 0.15) is 29.9 Å². The van der Waals surface area contributed by atoms with Crippen LogP contribution in [0.25, 0.3) is 0 Å². The smallest absolute Gasteiger partial charge is 0.269 e. The molecular formula is C18H20N2O2. The zero-order chi connectivity index (χ0) is 15.4. The summed E-state index contributed by atoms with van der Waals surface area (Å²) in [6.07, 6.45) is 2.13. The summed E-state index contributed by atoms with van der Waals surface area (Å²) in [5.74, 6) is 0.437. The first-order chi connectivity index (χ1) is 10.7. The molecule has 0 amide bonds. The summed E-state index contributed by atoms with van der Waals surface area (Å²) >= 11 is 0. The van der Waals surface area contributed by atoms with Crippen LogP contribution in [0, 0.1) is 10.1 Å². The van der Waals surface area contributed by atoms with Crippen molar-refractivity contribution in [1.82, 2.24) is 4.90 Å². The quantitative estimate of drug-likeness (QED) is 0.633. The molecule has 2 aromatic rings. The second-order valence-electron chi connectivity index (χ2n) is 5.89. The van der Waals surface area contributed by atoms with E-state index in [0.717, 1.165) is 38.0 Å². The molecule has 0 unspecified atom stereocenters. The zero-order valence-electron chi connectivity index (χ0n) is 12.5. The van der Waals surface area contributed by atoms with E-state index in [9.17, 15) is 10.1 Å². The predicted octanol–water partition coefficient (Wildman–Crippen LogP) is 3.97. The van der Waals surface area contributed by atoms with E-state index < -0.39 is 0 Å². The van der Waals surface area contributed by atoms with Gasteiger partial charge in [0.1, 0.15) is 0 Å². The van der Waals surface area contributed by atoms with E-state index in [1.807, 2.05) is 12.1 Å². The van der Waals surface area contributed by atoms with Crippen molar-refractivity contribution < 1.29 is 4.92 Å². The van der Waals surface area contributed by atoms with Gasteiger partial charge in [0.2, 0.25) is 0 Å². The summed E-state index contributed by atoms with van der Waals surface area (Å²) in [5.41, 5.74) is 2.65. The molecule has 1 aliphatic heterocycles. The van der Waals surface area contributed by atoms with Crippen molar-refractivity contribution in [2.75, 3.05) is 13.1 Å². The first kappa shape index (κ1) is 14.7. The Balaban J connectivity index is 1.60. The molecule has 0 aromatic heterocycles. The number of nitrogens with zero attached hydrogens (tertiary/aromatic N) is 2. The monoisotopic (exact) mass is 296 g/mol. The lowest BCUT2D eigenvalue weighted by Gasteiger charge is -2.32. The van der Waals surface area contributed by atoms with Crippen LogP contribution in [-0.2, 0) is 6.54 Å². The predicted molar refractivity (Wildman–Crippen MR) is 86.8 cm³/mol. The third kappa shape index (κ3) is 3.52. The van der Waals surface area contributed by atoms with Gasteiger partial charge in [0.25, 0.3) is 5.69 Å². The summed E-state index contributed by atoms with van der Waals surface area (Å²) < 4.78 is 0. The van der Waals surface area contributed by atoms with E-state index in [4.69, 9.17) is 0 Å². The van der Waals surface area contributed by atoms with Gasteiger partial charge in [-0.05, 0) is 43.0 Å². The molecule has 0 N–H and O–H groups in total. The Morgan fingerprint density at radius 3 is 2.45 bits per heavy atom. The lowest BCUT2D eigenvalue weighted by Crippen LogP contribution is -2.32. The minimum atomic E-state index is -0.311. The number of likely N-dealkylation sites (tertiary alicyclic amines) is 1. The molecule has 1 fully saturated rings. The number of nitro benzene ring substituents is 1. The van der Waals surface area contributed by atoms with Gasteiger partial charge in [-0.3, -0.25) is 15.0 Å². The van der Waals surface area contributed by atoms with Crippen LogP contribution >= 0.6 is 0 Å². The molecule has 0 aliphatic carbocycles. The van der Waals surface area contributed by atoms with Gasteiger partial charge in [-0.2, -0.15) is 0 Å². The Morgan fingerprint density at radius 2 is 1.77 bits per heavy atom. The Labute approximate surface area is 130 Å². The maximum absolute atomic E-state index is 10.9. The Kier molecular flexibility index (Phi) is 4.49. The molecule has 0 bridgehead atoms. The highest BCUT2D eigenvalue weighted by atomic mass is 16.6. The Hall–Kier alpha value is -2.20. The molecule has 0 spiro atoms. The van der Waals surface area contributed by atoms with Crippen molar-refractivity contribution in [2.45, 2.75) is 25.3 Å². The van der Waals surface area contributed by atoms with Crippen molar-refractivity contribution >= 4 is 5.69 Å². The fourth-order valence-electron chi connectivity index (χ4n) is 3.16. The number of non-ortho nitro benzene ring substituents is 1. The molecule has 1 aliphatic rings. The summed E-state index contributed by atoms with van der Waals surface area (Å²) in [7, 11) is 0. The average molecular weight is 296 g/mol. The Morgan fingerprint density at radius 1 is 1.05 bits per heavy atom. The number of benzene rings is 2. The number of nitro groups is 1. The highest BCUT2D eigenvalue weighted by Gasteiger charge is 2.21. The lowest BCUT2D eigenvalue weighted by molar-refractivity contribution is -0.384. The molecule has 0 saturated carbocycles. The van der Waals surface area contributed by atoms with Crippen LogP contribution in [0.2, 0.25) is 0 Å². The van der Waals surface area contributed by atoms with E-state index >= 15 is 0 Å². The fourth-order valence-corrected chi connectivity index (χ4v) is 3.16. The molecule has 22 heavy (non-hydrogen) atoms. The van der Waals surface area contributed by atoms with Gasteiger partial charge in [0.15, 0.2) is 0 Å². The number of rotatable bonds is 4. The van der Waals surface area contributed by atoms with Crippen LogP contribution in [0.4, 0.5) is 5.69 Å². The summed E-state index contributed by atoms with van der Waals surface area (Å²) in [4.78, 5) is 13.0. The van der Waals surface area contributed by atoms with Gasteiger partial charge in [-0.15, -0.1) is 0 Å². The Bertz CT molecular complexity index is 635. The summed E-state index contributed by atoms with van der Waals surface area (Å²) in [6.45, 7) is 3.08. The fraction of sp³-hybridized carbons (Fsp3) is 0.333. The maximum Gasteiger partial charge on any atom is 0.269 e.